The highest BCUT2D eigenvalue weighted by atomic mass is 127. The molecule has 0 heterocycles. The molecule has 0 amide bonds. The Labute approximate surface area is 124 Å². The zero-order valence-corrected chi connectivity index (χ0v) is 13.2. The Morgan fingerprint density at radius 2 is 1.94 bits per heavy atom. The largest absolute Gasteiger partial charge is 0.320 e. The molecule has 0 bridgehead atoms. The molecule has 1 atom stereocenters. The average molecular weight is 402 g/mol. The van der Waals surface area contributed by atoms with Crippen LogP contribution in [-0.2, 0) is 0 Å². The van der Waals surface area contributed by atoms with Gasteiger partial charge in [-0.15, -0.1) is 0 Å². The van der Waals surface area contributed by atoms with Gasteiger partial charge in [0.1, 0.15) is 0 Å². The molecule has 1 unspecified atom stereocenters. The lowest BCUT2D eigenvalue weighted by molar-refractivity contribution is 0.862. The van der Waals surface area contributed by atoms with E-state index in [0.717, 1.165) is 15.6 Å². The molecule has 2 N–H and O–H groups in total. The first-order valence-electron chi connectivity index (χ1n) is 5.35. The van der Waals surface area contributed by atoms with E-state index in [1.165, 1.54) is 9.13 Å². The molecule has 0 radical (unpaired) electrons. The Morgan fingerprint density at radius 3 is 2.65 bits per heavy atom. The summed E-state index contributed by atoms with van der Waals surface area (Å²) in [5, 5.41) is 0. The molecule has 2 aromatic carbocycles. The molecule has 0 fully saturated rings. The van der Waals surface area contributed by atoms with E-state index in [1.807, 2.05) is 6.07 Å². The molecule has 0 saturated heterocycles. The maximum absolute atomic E-state index is 6.33. The van der Waals surface area contributed by atoms with Crippen molar-refractivity contribution >= 4 is 38.5 Å². The molecule has 0 spiro atoms. The van der Waals surface area contributed by atoms with Crippen molar-refractivity contribution in [3.8, 4) is 0 Å². The third kappa shape index (κ3) is 3.09. The summed E-state index contributed by atoms with van der Waals surface area (Å²) >= 11 is 5.82. The number of benzene rings is 2. The number of hydrogen-bond donors (Lipinski definition) is 1. The summed E-state index contributed by atoms with van der Waals surface area (Å²) in [6.45, 7) is 2.09. The van der Waals surface area contributed by atoms with E-state index in [0.29, 0.717) is 0 Å². The smallest absolute Gasteiger partial charge is 0.0562 e. The second kappa shape index (κ2) is 5.50. The average Bonchev–Trinajstić information content (AvgIpc) is 2.31. The molecule has 88 valence electrons. The molecule has 0 aliphatic rings. The van der Waals surface area contributed by atoms with Crippen LogP contribution in [0, 0.1) is 10.5 Å². The van der Waals surface area contributed by atoms with Crippen molar-refractivity contribution in [2.24, 2.45) is 5.73 Å². The predicted octanol–water partition coefficient (Wildman–Crippen LogP) is 4.41. The molecular formula is C14H13BrIN. The van der Waals surface area contributed by atoms with Gasteiger partial charge in [-0.05, 0) is 58.8 Å². The van der Waals surface area contributed by atoms with E-state index in [-0.39, 0.29) is 6.04 Å². The summed E-state index contributed by atoms with van der Waals surface area (Å²) in [6, 6.07) is 14.5. The van der Waals surface area contributed by atoms with Crippen LogP contribution >= 0.6 is 38.5 Å². The van der Waals surface area contributed by atoms with E-state index in [9.17, 15) is 0 Å². The van der Waals surface area contributed by atoms with Crippen LogP contribution in [0.2, 0.25) is 0 Å². The van der Waals surface area contributed by atoms with Gasteiger partial charge in [0, 0.05) is 8.04 Å². The van der Waals surface area contributed by atoms with Crippen LogP contribution in [0.25, 0.3) is 0 Å². The van der Waals surface area contributed by atoms with Crippen LogP contribution in [-0.4, -0.2) is 0 Å². The molecule has 2 aromatic rings. The monoisotopic (exact) mass is 401 g/mol. The third-order valence-corrected chi connectivity index (χ3v) is 4.17. The van der Waals surface area contributed by atoms with Crippen molar-refractivity contribution in [2.45, 2.75) is 13.0 Å². The third-order valence-electron chi connectivity index (χ3n) is 2.69. The lowest BCUT2D eigenvalue weighted by Gasteiger charge is -2.15. The number of halogens is 2. The minimum Gasteiger partial charge on any atom is -0.320 e. The highest BCUT2D eigenvalue weighted by molar-refractivity contribution is 14.1. The van der Waals surface area contributed by atoms with Crippen LogP contribution in [0.15, 0.2) is 46.9 Å². The topological polar surface area (TPSA) is 26.0 Å². The fourth-order valence-electron chi connectivity index (χ4n) is 1.80. The summed E-state index contributed by atoms with van der Waals surface area (Å²) in [5.74, 6) is 0. The molecule has 1 nitrogen and oxygen atoms in total. The van der Waals surface area contributed by atoms with E-state index in [4.69, 9.17) is 5.73 Å². The molecular weight excluding hydrogens is 389 g/mol. The first kappa shape index (κ1) is 13.1. The standard InChI is InChI=1S/C14H13BrIN/c1-9-3-2-4-10(7-9)14(17)12-8-11(15)5-6-13(12)16/h2-8,14H,17H2,1H3. The van der Waals surface area contributed by atoms with Gasteiger partial charge < -0.3 is 5.73 Å². The molecule has 2 rings (SSSR count). The van der Waals surface area contributed by atoms with Crippen LogP contribution in [0.4, 0.5) is 0 Å². The maximum Gasteiger partial charge on any atom is 0.0562 e. The number of hydrogen-bond acceptors (Lipinski definition) is 1. The van der Waals surface area contributed by atoms with Crippen molar-refractivity contribution in [3.63, 3.8) is 0 Å². The van der Waals surface area contributed by atoms with Gasteiger partial charge in [-0.25, -0.2) is 0 Å². The number of nitrogens with two attached hydrogens (primary N) is 1. The fraction of sp³-hybridized carbons (Fsp3) is 0.143. The zero-order chi connectivity index (χ0) is 12.4. The van der Waals surface area contributed by atoms with E-state index >= 15 is 0 Å². The van der Waals surface area contributed by atoms with Gasteiger partial charge in [-0.3, -0.25) is 0 Å². The Balaban J connectivity index is 2.43. The van der Waals surface area contributed by atoms with Crippen LogP contribution in [0.3, 0.4) is 0 Å². The van der Waals surface area contributed by atoms with Crippen molar-refractivity contribution in [3.05, 3.63) is 67.2 Å². The summed E-state index contributed by atoms with van der Waals surface area (Å²) in [5.41, 5.74) is 9.88. The normalized spacial score (nSPS) is 12.5. The SMILES string of the molecule is Cc1cccc(C(N)c2cc(Br)ccc2I)c1. The Morgan fingerprint density at radius 1 is 1.18 bits per heavy atom. The number of aryl methyl sites for hydroxylation is 1. The fourth-order valence-corrected chi connectivity index (χ4v) is 2.85. The first-order valence-corrected chi connectivity index (χ1v) is 7.22. The summed E-state index contributed by atoms with van der Waals surface area (Å²) in [7, 11) is 0. The van der Waals surface area contributed by atoms with Gasteiger partial charge in [0.25, 0.3) is 0 Å². The van der Waals surface area contributed by atoms with Crippen LogP contribution < -0.4 is 5.73 Å². The van der Waals surface area contributed by atoms with Gasteiger partial charge in [0.05, 0.1) is 6.04 Å². The van der Waals surface area contributed by atoms with Crippen molar-refractivity contribution in [2.75, 3.05) is 0 Å². The van der Waals surface area contributed by atoms with Crippen LogP contribution in [0.5, 0.6) is 0 Å². The Hall–Kier alpha value is -0.390. The minimum atomic E-state index is -0.0701. The first-order chi connectivity index (χ1) is 8.08. The van der Waals surface area contributed by atoms with Gasteiger partial charge in [0.15, 0.2) is 0 Å². The van der Waals surface area contributed by atoms with Crippen molar-refractivity contribution < 1.29 is 0 Å². The quantitative estimate of drug-likeness (QED) is 0.741. The Bertz CT molecular complexity index is 539. The second-order valence-corrected chi connectivity index (χ2v) is 6.14. The molecule has 0 saturated carbocycles. The van der Waals surface area contributed by atoms with Crippen molar-refractivity contribution in [1.82, 2.24) is 0 Å². The highest BCUT2D eigenvalue weighted by Crippen LogP contribution is 2.27. The van der Waals surface area contributed by atoms with Gasteiger partial charge in [-0.1, -0.05) is 45.8 Å². The lowest BCUT2D eigenvalue weighted by atomic mass is 9.98. The summed E-state index contributed by atoms with van der Waals surface area (Å²) in [6.07, 6.45) is 0. The van der Waals surface area contributed by atoms with E-state index < -0.39 is 0 Å². The molecule has 17 heavy (non-hydrogen) atoms. The highest BCUT2D eigenvalue weighted by Gasteiger charge is 2.12. The molecule has 0 aromatic heterocycles. The lowest BCUT2D eigenvalue weighted by Crippen LogP contribution is -2.13. The molecule has 0 aliphatic heterocycles. The van der Waals surface area contributed by atoms with Gasteiger partial charge in [-0.2, -0.15) is 0 Å². The van der Waals surface area contributed by atoms with E-state index in [1.54, 1.807) is 0 Å². The molecule has 0 aliphatic carbocycles. The van der Waals surface area contributed by atoms with E-state index in [2.05, 4.69) is 81.8 Å². The summed E-state index contributed by atoms with van der Waals surface area (Å²) in [4.78, 5) is 0. The molecule has 3 heteroatoms. The summed E-state index contributed by atoms with van der Waals surface area (Å²) < 4.78 is 2.26. The van der Waals surface area contributed by atoms with Crippen molar-refractivity contribution in [1.29, 1.82) is 0 Å². The van der Waals surface area contributed by atoms with Gasteiger partial charge in [0.2, 0.25) is 0 Å². The maximum atomic E-state index is 6.33. The number of rotatable bonds is 2. The Kier molecular flexibility index (Phi) is 4.22. The second-order valence-electron chi connectivity index (χ2n) is 4.06. The minimum absolute atomic E-state index is 0.0701. The van der Waals surface area contributed by atoms with Gasteiger partial charge >= 0.3 is 0 Å². The van der Waals surface area contributed by atoms with Crippen LogP contribution in [0.1, 0.15) is 22.7 Å². The predicted molar refractivity (Wildman–Crippen MR) is 84.1 cm³/mol. The zero-order valence-electron chi connectivity index (χ0n) is 9.45.